The first-order valence-electron chi connectivity index (χ1n) is 8.35. The van der Waals surface area contributed by atoms with Gasteiger partial charge in [0.05, 0.1) is 22.3 Å². The molecule has 0 atom stereocenters. The van der Waals surface area contributed by atoms with Gasteiger partial charge >= 0.3 is 12.4 Å². The van der Waals surface area contributed by atoms with Crippen molar-refractivity contribution in [3.8, 4) is 11.4 Å². The van der Waals surface area contributed by atoms with Crippen LogP contribution < -0.4 is 10.9 Å². The van der Waals surface area contributed by atoms with Crippen molar-refractivity contribution in [1.29, 1.82) is 0 Å². The van der Waals surface area contributed by atoms with E-state index in [4.69, 9.17) is 11.6 Å². The minimum Gasteiger partial charge on any atom is -0.280 e. The summed E-state index contributed by atoms with van der Waals surface area (Å²) in [5, 5.41) is 2.29. The fraction of sp³-hybridized carbons (Fsp3) is 0.118. The highest BCUT2D eigenvalue weighted by atomic mass is 35.5. The second-order valence-electron chi connectivity index (χ2n) is 5.95. The van der Waals surface area contributed by atoms with E-state index in [1.54, 1.807) is 0 Å². The van der Waals surface area contributed by atoms with Crippen molar-refractivity contribution in [2.75, 3.05) is 5.43 Å². The van der Waals surface area contributed by atoms with E-state index in [2.05, 4.69) is 30.9 Å². The lowest BCUT2D eigenvalue weighted by Crippen LogP contribution is -2.28. The number of benzene rings is 1. The van der Waals surface area contributed by atoms with Gasteiger partial charge in [-0.05, 0) is 12.1 Å². The largest absolute Gasteiger partial charge is 0.417 e. The molecular weight excluding hydrogens is 468 g/mol. The second kappa shape index (κ2) is 8.82. The third-order valence-corrected chi connectivity index (χ3v) is 4.11. The van der Waals surface area contributed by atoms with Gasteiger partial charge in [-0.15, -0.1) is 5.10 Å². The van der Waals surface area contributed by atoms with E-state index >= 15 is 0 Å². The number of aromatic nitrogens is 5. The highest BCUT2D eigenvalue weighted by molar-refractivity contribution is 6.32. The summed E-state index contributed by atoms with van der Waals surface area (Å²) >= 11 is 5.35. The molecule has 168 valence electrons. The van der Waals surface area contributed by atoms with Crippen LogP contribution in [0.25, 0.3) is 17.6 Å². The van der Waals surface area contributed by atoms with Crippen LogP contribution in [0, 0.1) is 0 Å². The van der Waals surface area contributed by atoms with Crippen molar-refractivity contribution < 1.29 is 31.1 Å². The van der Waals surface area contributed by atoms with E-state index < -0.39 is 45.8 Å². The molecule has 1 aromatic carbocycles. The monoisotopic (exact) mass is 477 g/mol. The first-order chi connectivity index (χ1) is 14.9. The summed E-state index contributed by atoms with van der Waals surface area (Å²) in [6, 6.07) is 0.830. The number of hydrazine groups is 1. The van der Waals surface area contributed by atoms with E-state index in [1.807, 2.05) is 0 Å². The number of hydrogen-bond donors (Lipinski definition) is 2. The average molecular weight is 478 g/mol. The van der Waals surface area contributed by atoms with E-state index in [0.29, 0.717) is 12.1 Å². The van der Waals surface area contributed by atoms with Crippen LogP contribution in [-0.2, 0) is 17.1 Å². The Kier molecular flexibility index (Phi) is 6.34. The molecule has 2 N–H and O–H groups in total. The predicted octanol–water partition coefficient (Wildman–Crippen LogP) is 4.04. The maximum Gasteiger partial charge on any atom is 0.417 e. The Morgan fingerprint density at radius 2 is 1.69 bits per heavy atom. The molecule has 2 aromatic heterocycles. The summed E-state index contributed by atoms with van der Waals surface area (Å²) in [5.74, 6) is -0.862. The topological polar surface area (TPSA) is 97.6 Å². The number of anilines is 1. The molecule has 0 spiro atoms. The molecule has 8 nitrogen and oxygen atoms in total. The van der Waals surface area contributed by atoms with Crippen LogP contribution in [0.15, 0.2) is 43.1 Å². The summed E-state index contributed by atoms with van der Waals surface area (Å²) in [6.07, 6.45) is -3.08. The van der Waals surface area contributed by atoms with Gasteiger partial charge in [-0.2, -0.15) is 26.3 Å². The Bertz CT molecular complexity index is 1110. The first kappa shape index (κ1) is 23.0. The van der Waals surface area contributed by atoms with Crippen LogP contribution in [-0.4, -0.2) is 30.6 Å². The van der Waals surface area contributed by atoms with Gasteiger partial charge in [0, 0.05) is 30.2 Å². The molecule has 0 aliphatic rings. The summed E-state index contributed by atoms with van der Waals surface area (Å²) in [6.45, 7) is 0. The van der Waals surface area contributed by atoms with Crippen molar-refractivity contribution in [1.82, 2.24) is 30.2 Å². The Labute approximate surface area is 179 Å². The number of carbonyl (C=O) groups is 1. The molecule has 32 heavy (non-hydrogen) atoms. The van der Waals surface area contributed by atoms with E-state index in [9.17, 15) is 31.1 Å². The van der Waals surface area contributed by atoms with Gasteiger partial charge in [0.15, 0.2) is 11.6 Å². The number of amides is 1. The summed E-state index contributed by atoms with van der Waals surface area (Å²) in [4.78, 5) is 23.1. The van der Waals surface area contributed by atoms with Crippen LogP contribution in [0.4, 0.5) is 32.2 Å². The highest BCUT2D eigenvalue weighted by Crippen LogP contribution is 2.44. The number of rotatable bonds is 5. The van der Waals surface area contributed by atoms with E-state index in [-0.39, 0.29) is 5.82 Å². The van der Waals surface area contributed by atoms with Gasteiger partial charge in [-0.3, -0.25) is 20.6 Å². The van der Waals surface area contributed by atoms with E-state index in [1.165, 1.54) is 18.6 Å². The fourth-order valence-electron chi connectivity index (χ4n) is 2.32. The molecular formula is C17H10ClF6N7O. The molecule has 3 rings (SSSR count). The molecule has 0 bridgehead atoms. The number of halogens is 7. The van der Waals surface area contributed by atoms with Crippen molar-refractivity contribution in [2.24, 2.45) is 0 Å². The number of nitrogens with one attached hydrogen (secondary N) is 2. The highest BCUT2D eigenvalue weighted by Gasteiger charge is 2.41. The number of carbonyl (C=O) groups excluding carboxylic acids is 1. The Morgan fingerprint density at radius 3 is 2.25 bits per heavy atom. The Morgan fingerprint density at radius 1 is 1.03 bits per heavy atom. The van der Waals surface area contributed by atoms with Crippen LogP contribution in [0.1, 0.15) is 11.1 Å². The minimum atomic E-state index is -5.14. The molecule has 0 saturated heterocycles. The molecule has 0 radical (unpaired) electrons. The molecule has 0 aliphatic heterocycles. The lowest BCUT2D eigenvalue weighted by Gasteiger charge is -2.16. The van der Waals surface area contributed by atoms with Crippen LogP contribution in [0.5, 0.6) is 0 Å². The number of alkyl halides is 6. The quantitative estimate of drug-likeness (QED) is 0.327. The fourth-order valence-corrected chi connectivity index (χ4v) is 2.64. The van der Waals surface area contributed by atoms with Gasteiger partial charge in [-0.25, -0.2) is 14.6 Å². The van der Waals surface area contributed by atoms with Gasteiger partial charge in [0.1, 0.15) is 6.33 Å². The van der Waals surface area contributed by atoms with Crippen LogP contribution in [0.3, 0.4) is 0 Å². The Balaban J connectivity index is 1.81. The average Bonchev–Trinajstić information content (AvgIpc) is 3.19. The predicted molar refractivity (Wildman–Crippen MR) is 99.6 cm³/mol. The molecule has 1 amide bonds. The standard InChI is InChI=1S/C17H10ClF6N7O/c18-14-10(16(19,20)21)5-9(6-11(14)17(22,23)24)15-27-8-31(30-15)4-1-13(32)29-28-12-7-25-2-3-26-12/h1-8H,(H,26,28)(H,29,32). The van der Waals surface area contributed by atoms with Crippen molar-refractivity contribution in [3.63, 3.8) is 0 Å². The zero-order valence-electron chi connectivity index (χ0n) is 15.4. The van der Waals surface area contributed by atoms with Gasteiger partial charge in [0.2, 0.25) is 0 Å². The molecule has 0 unspecified atom stereocenters. The summed E-state index contributed by atoms with van der Waals surface area (Å²) in [5.41, 5.74) is 0.809. The van der Waals surface area contributed by atoms with Gasteiger partial charge < -0.3 is 0 Å². The zero-order valence-corrected chi connectivity index (χ0v) is 16.2. The summed E-state index contributed by atoms with van der Waals surface area (Å²) < 4.78 is 79.9. The third kappa shape index (κ3) is 5.51. The van der Waals surface area contributed by atoms with E-state index in [0.717, 1.165) is 23.3 Å². The first-order valence-corrected chi connectivity index (χ1v) is 8.72. The van der Waals surface area contributed by atoms with Gasteiger partial charge in [-0.1, -0.05) is 11.6 Å². The SMILES string of the molecule is O=C(C=Cn1cnc(-c2cc(C(F)(F)F)c(Cl)c(C(F)(F)F)c2)n1)NNc1cnccn1. The molecule has 0 saturated carbocycles. The normalized spacial score (nSPS) is 12.2. The molecule has 3 aromatic rings. The Hall–Kier alpha value is -3.68. The lowest BCUT2D eigenvalue weighted by atomic mass is 10.0. The number of nitrogens with zero attached hydrogens (tertiary/aromatic N) is 5. The maximum atomic E-state index is 13.2. The molecule has 0 aliphatic carbocycles. The zero-order chi connectivity index (χ0) is 23.5. The lowest BCUT2D eigenvalue weighted by molar-refractivity contribution is -0.142. The smallest absolute Gasteiger partial charge is 0.280 e. The number of hydrogen-bond acceptors (Lipinski definition) is 6. The van der Waals surface area contributed by atoms with Crippen LogP contribution in [0.2, 0.25) is 5.02 Å². The molecule has 15 heteroatoms. The third-order valence-electron chi connectivity index (χ3n) is 3.71. The summed E-state index contributed by atoms with van der Waals surface area (Å²) in [7, 11) is 0. The molecule has 0 fully saturated rings. The van der Waals surface area contributed by atoms with Crippen molar-refractivity contribution >= 4 is 29.5 Å². The van der Waals surface area contributed by atoms with Crippen molar-refractivity contribution in [3.05, 3.63) is 59.3 Å². The maximum absolute atomic E-state index is 13.2. The van der Waals surface area contributed by atoms with Gasteiger partial charge in [0.25, 0.3) is 5.91 Å². The molecule has 2 heterocycles. The second-order valence-corrected chi connectivity index (χ2v) is 6.33. The van der Waals surface area contributed by atoms with Crippen molar-refractivity contribution in [2.45, 2.75) is 12.4 Å². The van der Waals surface area contributed by atoms with Crippen LogP contribution >= 0.6 is 11.6 Å². The minimum absolute atomic E-state index is 0.251.